The average molecular weight is 684 g/mol. The van der Waals surface area contributed by atoms with E-state index in [2.05, 4.69) is 5.32 Å². The van der Waals surface area contributed by atoms with Crippen LogP contribution in [-0.2, 0) is 28.7 Å². The Labute approximate surface area is 287 Å². The zero-order valence-corrected chi connectivity index (χ0v) is 28.7. The van der Waals surface area contributed by atoms with E-state index >= 15 is 0 Å². The summed E-state index contributed by atoms with van der Waals surface area (Å²) in [5.74, 6) is -0.331. The Morgan fingerprint density at radius 1 is 1.04 bits per heavy atom. The third kappa shape index (κ3) is 11.3. The van der Waals surface area contributed by atoms with E-state index < -0.39 is 17.8 Å². The summed E-state index contributed by atoms with van der Waals surface area (Å²) in [6.07, 6.45) is -2.34. The number of halogens is 3. The predicted octanol–water partition coefficient (Wildman–Crippen LogP) is 6.81. The fourth-order valence-corrected chi connectivity index (χ4v) is 5.93. The van der Waals surface area contributed by atoms with E-state index in [-0.39, 0.29) is 55.1 Å². The zero-order chi connectivity index (χ0) is 35.6. The average Bonchev–Trinajstić information content (AvgIpc) is 3.06. The molecular formula is C38H48F3N3O5. The monoisotopic (exact) mass is 683 g/mol. The minimum Gasteiger partial charge on any atom is -0.490 e. The smallest absolute Gasteiger partial charge is 0.416 e. The van der Waals surface area contributed by atoms with Crippen molar-refractivity contribution in [3.63, 3.8) is 0 Å². The molecule has 11 heteroatoms. The Kier molecular flexibility index (Phi) is 13.6. The summed E-state index contributed by atoms with van der Waals surface area (Å²) in [6, 6.07) is 19.1. The first-order valence-corrected chi connectivity index (χ1v) is 16.9. The van der Waals surface area contributed by atoms with Crippen molar-refractivity contribution in [1.29, 1.82) is 0 Å². The van der Waals surface area contributed by atoms with Gasteiger partial charge < -0.3 is 24.8 Å². The molecule has 3 aromatic carbocycles. The SMILES string of the molecule is C[C@H](CO)N1C[C@H](C)[C@H](CN(C)Cc2ccc(C(F)(F)F)cc2)OCCCC[C@H](C)Oc2ccc(NC(=O)Cc3ccccc3)cc2C1=O. The summed E-state index contributed by atoms with van der Waals surface area (Å²) >= 11 is 0. The number of hydrogen-bond donors (Lipinski definition) is 2. The number of fused-ring (bicyclic) bond motifs is 1. The first kappa shape index (κ1) is 37.9. The van der Waals surface area contributed by atoms with Crippen LogP contribution in [0, 0.1) is 5.92 Å². The number of alkyl halides is 3. The van der Waals surface area contributed by atoms with Gasteiger partial charge >= 0.3 is 6.18 Å². The molecule has 1 aliphatic rings. The topological polar surface area (TPSA) is 91.3 Å². The third-order valence-electron chi connectivity index (χ3n) is 8.77. The maximum atomic E-state index is 14.3. The highest BCUT2D eigenvalue weighted by atomic mass is 19.4. The van der Waals surface area contributed by atoms with Crippen molar-refractivity contribution in [3.05, 3.63) is 95.1 Å². The van der Waals surface area contributed by atoms with Crippen molar-refractivity contribution in [1.82, 2.24) is 9.80 Å². The van der Waals surface area contributed by atoms with Crippen molar-refractivity contribution in [3.8, 4) is 5.75 Å². The number of anilines is 1. The van der Waals surface area contributed by atoms with E-state index in [9.17, 15) is 27.9 Å². The Balaban J connectivity index is 1.56. The van der Waals surface area contributed by atoms with Crippen LogP contribution in [0.5, 0.6) is 5.75 Å². The molecule has 0 aromatic heterocycles. The van der Waals surface area contributed by atoms with Crippen LogP contribution in [-0.4, -0.2) is 78.3 Å². The van der Waals surface area contributed by atoms with Crippen LogP contribution in [0.1, 0.15) is 67.1 Å². The molecule has 0 spiro atoms. The van der Waals surface area contributed by atoms with Crippen LogP contribution in [0.4, 0.5) is 18.9 Å². The molecule has 1 heterocycles. The van der Waals surface area contributed by atoms with Crippen molar-refractivity contribution < 1.29 is 37.3 Å². The molecule has 49 heavy (non-hydrogen) atoms. The molecule has 2 amide bonds. The highest BCUT2D eigenvalue weighted by Crippen LogP contribution is 2.30. The number of nitrogens with one attached hydrogen (secondary N) is 1. The largest absolute Gasteiger partial charge is 0.490 e. The summed E-state index contributed by atoms with van der Waals surface area (Å²) < 4.78 is 51.9. The highest BCUT2D eigenvalue weighted by molar-refractivity contribution is 6.00. The number of nitrogens with zero attached hydrogens (tertiary/aromatic N) is 2. The molecule has 3 aromatic rings. The van der Waals surface area contributed by atoms with Crippen LogP contribution in [0.25, 0.3) is 0 Å². The van der Waals surface area contributed by atoms with Gasteiger partial charge in [-0.1, -0.05) is 49.4 Å². The Morgan fingerprint density at radius 3 is 2.43 bits per heavy atom. The standard InChI is InChI=1S/C38H48F3N3O5/c1-26-22-44(27(2)25-45)37(47)33-21-32(42-36(46)20-29-11-6-5-7-12-29)17-18-34(33)49-28(3)10-8-9-19-48-35(26)24-43(4)23-30-13-15-31(16-14-30)38(39,40)41/h5-7,11-18,21,26-28,35,45H,8-10,19-20,22-25H2,1-4H3,(H,42,46)/t26-,27+,28-,35-/m0/s1. The Morgan fingerprint density at radius 2 is 1.76 bits per heavy atom. The number of hydrogen-bond acceptors (Lipinski definition) is 6. The maximum Gasteiger partial charge on any atom is 0.416 e. The molecule has 0 bridgehead atoms. The summed E-state index contributed by atoms with van der Waals surface area (Å²) in [4.78, 5) is 30.9. The van der Waals surface area contributed by atoms with E-state index in [0.29, 0.717) is 31.1 Å². The van der Waals surface area contributed by atoms with Crippen LogP contribution in [0.15, 0.2) is 72.8 Å². The minimum atomic E-state index is -4.39. The van der Waals surface area contributed by atoms with Crippen molar-refractivity contribution in [2.75, 3.05) is 38.7 Å². The Hall–Kier alpha value is -3.93. The molecule has 4 atom stereocenters. The van der Waals surface area contributed by atoms with Gasteiger partial charge in [-0.25, -0.2) is 0 Å². The molecule has 0 fully saturated rings. The van der Waals surface area contributed by atoms with Crippen molar-refractivity contribution in [2.24, 2.45) is 5.92 Å². The van der Waals surface area contributed by atoms with E-state index in [1.807, 2.05) is 56.1 Å². The molecule has 2 N–H and O–H groups in total. The molecule has 0 aliphatic carbocycles. The number of carbonyl (C=O) groups is 2. The normalized spacial score (nSPS) is 20.2. The number of benzene rings is 3. The second kappa shape index (κ2) is 17.6. The number of aliphatic hydroxyl groups is 1. The van der Waals surface area contributed by atoms with Gasteiger partial charge in [-0.15, -0.1) is 0 Å². The number of rotatable bonds is 9. The molecule has 8 nitrogen and oxygen atoms in total. The fourth-order valence-electron chi connectivity index (χ4n) is 5.93. The predicted molar refractivity (Wildman–Crippen MR) is 183 cm³/mol. The van der Waals surface area contributed by atoms with Gasteiger partial charge in [0, 0.05) is 37.8 Å². The first-order chi connectivity index (χ1) is 23.3. The molecule has 0 radical (unpaired) electrons. The van der Waals surface area contributed by atoms with Gasteiger partial charge in [0.05, 0.1) is 42.4 Å². The van der Waals surface area contributed by atoms with Gasteiger partial charge in [-0.3, -0.25) is 14.5 Å². The number of amides is 2. The summed E-state index contributed by atoms with van der Waals surface area (Å²) in [5, 5.41) is 13.1. The molecule has 0 saturated carbocycles. The quantitative estimate of drug-likeness (QED) is 0.258. The number of ether oxygens (including phenoxy) is 2. The second-order valence-corrected chi connectivity index (χ2v) is 13.1. The van der Waals surface area contributed by atoms with Gasteiger partial charge in [0.25, 0.3) is 5.91 Å². The van der Waals surface area contributed by atoms with Gasteiger partial charge in [-0.2, -0.15) is 13.2 Å². The Bertz CT molecular complexity index is 1500. The number of likely N-dealkylation sites (N-methyl/N-ethyl adjacent to an activating group) is 1. The van der Waals surface area contributed by atoms with Crippen molar-refractivity contribution in [2.45, 2.75) is 77.4 Å². The summed E-state index contributed by atoms with van der Waals surface area (Å²) in [5.41, 5.74) is 1.66. The van der Waals surface area contributed by atoms with Crippen molar-refractivity contribution >= 4 is 17.5 Å². The lowest BCUT2D eigenvalue weighted by Crippen LogP contribution is -2.47. The van der Waals surface area contributed by atoms with Gasteiger partial charge in [0.2, 0.25) is 5.91 Å². The lowest BCUT2D eigenvalue weighted by atomic mass is 10.0. The molecular weight excluding hydrogens is 635 g/mol. The van der Waals surface area contributed by atoms with E-state index in [1.54, 1.807) is 30.0 Å². The molecule has 1 aliphatic heterocycles. The van der Waals surface area contributed by atoms with E-state index in [1.165, 1.54) is 12.1 Å². The van der Waals surface area contributed by atoms with Gasteiger partial charge in [0.15, 0.2) is 0 Å². The third-order valence-corrected chi connectivity index (χ3v) is 8.77. The highest BCUT2D eigenvalue weighted by Gasteiger charge is 2.32. The van der Waals surface area contributed by atoms with Crippen LogP contribution >= 0.6 is 0 Å². The molecule has 0 unspecified atom stereocenters. The number of aliphatic hydroxyl groups excluding tert-OH is 1. The van der Waals surface area contributed by atoms with E-state index in [4.69, 9.17) is 9.47 Å². The molecule has 4 rings (SSSR count). The number of carbonyl (C=O) groups excluding carboxylic acids is 2. The summed E-state index contributed by atoms with van der Waals surface area (Å²) in [7, 11) is 1.89. The first-order valence-electron chi connectivity index (χ1n) is 16.9. The van der Waals surface area contributed by atoms with Crippen LogP contribution in [0.3, 0.4) is 0 Å². The summed E-state index contributed by atoms with van der Waals surface area (Å²) in [6.45, 7) is 7.11. The second-order valence-electron chi connectivity index (χ2n) is 13.1. The van der Waals surface area contributed by atoms with Gasteiger partial charge in [-0.05, 0) is 81.6 Å². The minimum absolute atomic E-state index is 0.173. The lowest BCUT2D eigenvalue weighted by molar-refractivity contribution is -0.137. The molecule has 0 saturated heterocycles. The van der Waals surface area contributed by atoms with E-state index in [0.717, 1.165) is 42.5 Å². The van der Waals surface area contributed by atoms with Gasteiger partial charge in [0.1, 0.15) is 5.75 Å². The van der Waals surface area contributed by atoms with Crippen LogP contribution < -0.4 is 10.1 Å². The lowest BCUT2D eigenvalue weighted by Gasteiger charge is -2.36. The van der Waals surface area contributed by atoms with Crippen LogP contribution in [0.2, 0.25) is 0 Å². The zero-order valence-electron chi connectivity index (χ0n) is 28.7. The maximum absolute atomic E-state index is 14.3. The molecule has 266 valence electrons. The fraction of sp³-hybridized carbons (Fsp3) is 0.474.